The average molecular weight is 1040 g/mol. The van der Waals surface area contributed by atoms with Crippen molar-refractivity contribution in [1.29, 1.82) is 0 Å². The first-order valence-electron chi connectivity index (χ1n) is 22.4. The van der Waals surface area contributed by atoms with Gasteiger partial charge < -0.3 is 19.1 Å². The molecule has 0 aliphatic carbocycles. The maximum Gasteiger partial charge on any atom is 0.135 e. The van der Waals surface area contributed by atoms with Crippen molar-refractivity contribution < 1.29 is 25.8 Å². The SMILES string of the molecule is CC(C)(C)C1=CN(c2cc(-c3ccccc3)cc(C(C)(C)c3ccccc3)c2)[CH-]N1c1[c-]c(Oc2[c-]c3c(cc2)c2cc(C(C)(C)C)ccc2n3-c2cc(C(C)(C)C)ccn2)ccc1.[Pt]. The molecule has 0 atom stereocenters. The Balaban J connectivity index is 0.00000576. The predicted molar refractivity (Wildman–Crippen MR) is 267 cm³/mol. The molecule has 5 nitrogen and oxygen atoms in total. The second kappa shape index (κ2) is 17.1. The Hall–Kier alpha value is -5.90. The molecule has 8 aromatic rings. The third kappa shape index (κ3) is 9.05. The van der Waals surface area contributed by atoms with Crippen molar-refractivity contribution in [2.45, 2.75) is 92.4 Å². The molecule has 65 heavy (non-hydrogen) atoms. The van der Waals surface area contributed by atoms with Crippen LogP contribution in [0.3, 0.4) is 0 Å². The van der Waals surface area contributed by atoms with E-state index in [0.717, 1.165) is 39.3 Å². The van der Waals surface area contributed by atoms with E-state index in [9.17, 15) is 0 Å². The second-order valence-corrected chi connectivity index (χ2v) is 20.8. The van der Waals surface area contributed by atoms with Gasteiger partial charge in [-0.25, -0.2) is 4.98 Å². The van der Waals surface area contributed by atoms with Crippen molar-refractivity contribution in [2.75, 3.05) is 9.80 Å². The van der Waals surface area contributed by atoms with E-state index >= 15 is 0 Å². The van der Waals surface area contributed by atoms with Gasteiger partial charge in [0.2, 0.25) is 0 Å². The fraction of sp³-hybridized carbons (Fsp3) is 0.254. The van der Waals surface area contributed by atoms with Gasteiger partial charge in [0, 0.05) is 66.5 Å². The molecule has 334 valence electrons. The van der Waals surface area contributed by atoms with Gasteiger partial charge in [-0.2, -0.15) is 12.1 Å². The molecule has 0 N–H and O–H groups in total. The van der Waals surface area contributed by atoms with Crippen LogP contribution in [0.5, 0.6) is 11.5 Å². The molecule has 1 aliphatic heterocycles. The Morgan fingerprint density at radius 2 is 1.22 bits per heavy atom. The van der Waals surface area contributed by atoms with E-state index < -0.39 is 0 Å². The van der Waals surface area contributed by atoms with E-state index in [-0.39, 0.29) is 42.7 Å². The predicted octanol–water partition coefficient (Wildman–Crippen LogP) is 15.5. The Morgan fingerprint density at radius 1 is 0.538 bits per heavy atom. The average Bonchev–Trinajstić information content (AvgIpc) is 3.87. The van der Waals surface area contributed by atoms with Crippen LogP contribution in [-0.4, -0.2) is 9.55 Å². The summed E-state index contributed by atoms with van der Waals surface area (Å²) in [4.78, 5) is 9.42. The molecule has 0 spiro atoms. The van der Waals surface area contributed by atoms with E-state index in [1.165, 1.54) is 38.8 Å². The third-order valence-corrected chi connectivity index (χ3v) is 12.7. The van der Waals surface area contributed by atoms with Crippen molar-refractivity contribution in [2.24, 2.45) is 5.41 Å². The summed E-state index contributed by atoms with van der Waals surface area (Å²) in [7, 11) is 0. The second-order valence-electron chi connectivity index (χ2n) is 20.8. The van der Waals surface area contributed by atoms with Crippen molar-refractivity contribution in [1.82, 2.24) is 9.55 Å². The first kappa shape index (κ1) is 45.7. The summed E-state index contributed by atoms with van der Waals surface area (Å²) in [5.41, 5.74) is 12.1. The number of allylic oxidation sites excluding steroid dienone is 1. The number of hydrogen-bond donors (Lipinski definition) is 0. The molecule has 0 unspecified atom stereocenters. The van der Waals surface area contributed by atoms with Crippen LogP contribution in [0.1, 0.15) is 98.4 Å². The van der Waals surface area contributed by atoms with Crippen LogP contribution >= 0.6 is 0 Å². The number of anilines is 2. The third-order valence-electron chi connectivity index (χ3n) is 12.7. The van der Waals surface area contributed by atoms with E-state index in [4.69, 9.17) is 9.72 Å². The molecule has 6 aromatic carbocycles. The van der Waals surface area contributed by atoms with Crippen LogP contribution in [0.15, 0.2) is 158 Å². The van der Waals surface area contributed by atoms with Crippen LogP contribution < -0.4 is 14.5 Å². The zero-order chi connectivity index (χ0) is 45.2. The molecule has 2 aromatic heterocycles. The van der Waals surface area contributed by atoms with Gasteiger partial charge in [0.1, 0.15) is 5.82 Å². The van der Waals surface area contributed by atoms with E-state index in [0.29, 0.717) is 11.5 Å². The Morgan fingerprint density at radius 3 is 1.91 bits per heavy atom. The standard InChI is InChI=1S/C59H59N4O.Pt/c1-56(2,3)43-25-28-52-51(34-43)50-27-26-49(37-53(50)63(52)55-35-44(29-30-60-55)57(4,5)6)64-48-24-18-23-46(36-48)62-39-61(38-54(62)58(7,8)9)47-32-41(40-19-14-12-15-20-40)31-45(33-47)59(10,11)42-21-16-13-17-22-42;/h12-35,38-39H,1-11H3;/q-3;. The van der Waals surface area contributed by atoms with Gasteiger partial charge in [0.25, 0.3) is 0 Å². The molecule has 6 heteroatoms. The number of hydrogen-bond acceptors (Lipinski definition) is 4. The van der Waals surface area contributed by atoms with Gasteiger partial charge in [-0.05, 0) is 86.1 Å². The fourth-order valence-corrected chi connectivity index (χ4v) is 8.69. The van der Waals surface area contributed by atoms with Crippen LogP contribution in [0.2, 0.25) is 0 Å². The first-order valence-corrected chi connectivity index (χ1v) is 22.4. The maximum atomic E-state index is 6.70. The zero-order valence-corrected chi connectivity index (χ0v) is 41.8. The number of nitrogens with zero attached hydrogens (tertiary/aromatic N) is 4. The molecule has 3 heterocycles. The van der Waals surface area contributed by atoms with Crippen molar-refractivity contribution in [3.63, 3.8) is 0 Å². The van der Waals surface area contributed by atoms with Gasteiger partial charge in [-0.15, -0.1) is 48.1 Å². The van der Waals surface area contributed by atoms with Gasteiger partial charge in [-0.3, -0.25) is 0 Å². The van der Waals surface area contributed by atoms with Crippen LogP contribution in [0, 0.1) is 24.2 Å². The molecular weight excluding hydrogens is 976 g/mol. The maximum absolute atomic E-state index is 6.70. The normalized spacial score (nSPS) is 13.6. The summed E-state index contributed by atoms with van der Waals surface area (Å²) in [5.74, 6) is 2.08. The topological polar surface area (TPSA) is 33.5 Å². The van der Waals surface area contributed by atoms with Crippen LogP contribution in [-0.2, 0) is 37.3 Å². The molecule has 0 saturated heterocycles. The van der Waals surface area contributed by atoms with Crippen LogP contribution in [0.25, 0.3) is 38.8 Å². The number of fused-ring (bicyclic) bond motifs is 3. The van der Waals surface area contributed by atoms with E-state index in [2.05, 4.69) is 237 Å². The monoisotopic (exact) mass is 1030 g/mol. The Labute approximate surface area is 401 Å². The zero-order valence-electron chi connectivity index (χ0n) is 39.5. The number of ether oxygens (including phenoxy) is 1. The fourth-order valence-electron chi connectivity index (χ4n) is 8.69. The summed E-state index contributed by atoms with van der Waals surface area (Å²) in [6.07, 6.45) is 4.18. The molecule has 0 fully saturated rings. The van der Waals surface area contributed by atoms with Gasteiger partial charge in [-0.1, -0.05) is 161 Å². The molecule has 0 saturated carbocycles. The smallest absolute Gasteiger partial charge is 0.135 e. The van der Waals surface area contributed by atoms with Crippen molar-refractivity contribution in [3.05, 3.63) is 199 Å². The van der Waals surface area contributed by atoms with E-state index in [1.54, 1.807) is 0 Å². The molecule has 0 bridgehead atoms. The molecule has 1 aliphatic rings. The van der Waals surface area contributed by atoms with Crippen molar-refractivity contribution in [3.8, 4) is 28.4 Å². The Bertz CT molecular complexity index is 3030. The largest absolute Gasteiger partial charge is 0.509 e. The van der Waals surface area contributed by atoms with Gasteiger partial charge in [0.05, 0.1) is 0 Å². The van der Waals surface area contributed by atoms with Crippen molar-refractivity contribution >= 4 is 33.2 Å². The molecule has 9 rings (SSSR count). The van der Waals surface area contributed by atoms with Crippen LogP contribution in [0.4, 0.5) is 11.4 Å². The summed E-state index contributed by atoms with van der Waals surface area (Å²) in [6.45, 7) is 27.1. The quantitative estimate of drug-likeness (QED) is 0.142. The number of rotatable bonds is 8. The number of benzene rings is 6. The molecule has 0 amide bonds. The minimum Gasteiger partial charge on any atom is -0.509 e. The minimum absolute atomic E-state index is 0. The summed E-state index contributed by atoms with van der Waals surface area (Å²) < 4.78 is 8.93. The summed E-state index contributed by atoms with van der Waals surface area (Å²) >= 11 is 0. The number of pyridine rings is 1. The molecule has 0 radical (unpaired) electrons. The Kier molecular flexibility index (Phi) is 12.0. The van der Waals surface area contributed by atoms with Gasteiger partial charge >= 0.3 is 0 Å². The first-order chi connectivity index (χ1) is 30.3. The summed E-state index contributed by atoms with van der Waals surface area (Å²) in [5, 5.41) is 2.27. The summed E-state index contributed by atoms with van der Waals surface area (Å²) in [6, 6.07) is 57.2. The van der Waals surface area contributed by atoms with E-state index in [1.807, 2.05) is 24.4 Å². The van der Waals surface area contributed by atoms with Gasteiger partial charge in [0.15, 0.2) is 0 Å². The molecular formula is C59H59N4OPt-3. The minimum atomic E-state index is -0.229. The number of aromatic nitrogens is 2.